The van der Waals surface area contributed by atoms with E-state index >= 15 is 0 Å². The molecule has 1 N–H and O–H groups in total. The summed E-state index contributed by atoms with van der Waals surface area (Å²) in [5.41, 5.74) is 0. The number of likely N-dealkylation sites (N-methyl/N-ethyl adjacent to an activating group) is 1. The topological polar surface area (TPSA) is 18.5 Å². The third-order valence-electron chi connectivity index (χ3n) is 3.73. The predicted octanol–water partition coefficient (Wildman–Crippen LogP) is 2.38. The number of piperazine rings is 1. The number of thiophene rings is 1. The number of hydrogen-bond donors (Lipinski definition) is 1. The Hall–Kier alpha value is -0.420. The van der Waals surface area contributed by atoms with Crippen molar-refractivity contribution in [2.24, 2.45) is 0 Å². The molecule has 19 heavy (non-hydrogen) atoms. The van der Waals surface area contributed by atoms with Crippen molar-refractivity contribution < 1.29 is 0 Å². The van der Waals surface area contributed by atoms with E-state index in [1.807, 2.05) is 11.3 Å². The molecule has 1 aromatic rings. The highest BCUT2D eigenvalue weighted by Crippen LogP contribution is 2.20. The highest BCUT2D eigenvalue weighted by molar-refractivity contribution is 7.11. The fraction of sp³-hybridized carbons (Fsp3) is 0.733. The van der Waals surface area contributed by atoms with Gasteiger partial charge < -0.3 is 10.2 Å². The zero-order chi connectivity index (χ0) is 13.8. The van der Waals surface area contributed by atoms with Crippen LogP contribution in [0.4, 0.5) is 0 Å². The average Bonchev–Trinajstić information content (AvgIpc) is 2.78. The van der Waals surface area contributed by atoms with Crippen LogP contribution in [-0.4, -0.2) is 48.6 Å². The molecule has 0 aliphatic carbocycles. The van der Waals surface area contributed by atoms with Gasteiger partial charge in [0, 0.05) is 54.6 Å². The lowest BCUT2D eigenvalue weighted by Gasteiger charge is -2.37. The van der Waals surface area contributed by atoms with Gasteiger partial charge in [0.05, 0.1) is 0 Å². The normalized spacial score (nSPS) is 22.3. The Morgan fingerprint density at radius 3 is 2.74 bits per heavy atom. The molecule has 108 valence electrons. The Kier molecular flexibility index (Phi) is 5.39. The maximum absolute atomic E-state index is 3.48. The molecule has 0 bridgehead atoms. The van der Waals surface area contributed by atoms with Crippen molar-refractivity contribution in [1.29, 1.82) is 0 Å². The summed E-state index contributed by atoms with van der Waals surface area (Å²) in [6.07, 6.45) is 0. The van der Waals surface area contributed by atoms with E-state index in [0.717, 1.165) is 13.1 Å². The van der Waals surface area contributed by atoms with Crippen molar-refractivity contribution in [2.75, 3.05) is 26.7 Å². The number of hydrogen-bond acceptors (Lipinski definition) is 4. The van der Waals surface area contributed by atoms with Gasteiger partial charge in [0.1, 0.15) is 0 Å². The molecule has 1 aliphatic rings. The summed E-state index contributed by atoms with van der Waals surface area (Å²) in [6.45, 7) is 12.4. The van der Waals surface area contributed by atoms with Crippen LogP contribution in [-0.2, 0) is 13.1 Å². The van der Waals surface area contributed by atoms with Crippen LogP contribution in [0.15, 0.2) is 12.1 Å². The lowest BCUT2D eigenvalue weighted by atomic mass is 10.2. The Morgan fingerprint density at radius 1 is 1.32 bits per heavy atom. The minimum atomic E-state index is 0.559. The van der Waals surface area contributed by atoms with Crippen LogP contribution in [0.2, 0.25) is 0 Å². The summed E-state index contributed by atoms with van der Waals surface area (Å²) in [7, 11) is 2.22. The molecule has 2 heterocycles. The van der Waals surface area contributed by atoms with Crippen molar-refractivity contribution in [1.82, 2.24) is 15.1 Å². The fourth-order valence-electron chi connectivity index (χ4n) is 2.52. The van der Waals surface area contributed by atoms with Crippen LogP contribution in [0.3, 0.4) is 0 Å². The fourth-order valence-corrected chi connectivity index (χ4v) is 3.51. The molecule has 0 spiro atoms. The summed E-state index contributed by atoms with van der Waals surface area (Å²) in [6, 6.07) is 5.80. The van der Waals surface area contributed by atoms with Crippen molar-refractivity contribution in [3.63, 3.8) is 0 Å². The average molecular weight is 281 g/mol. The highest BCUT2D eigenvalue weighted by Gasteiger charge is 2.21. The third-order valence-corrected chi connectivity index (χ3v) is 4.80. The number of nitrogens with one attached hydrogen (secondary N) is 1. The van der Waals surface area contributed by atoms with Gasteiger partial charge in [0.2, 0.25) is 0 Å². The van der Waals surface area contributed by atoms with Gasteiger partial charge in [-0.05, 0) is 26.1 Å². The van der Waals surface area contributed by atoms with E-state index < -0.39 is 0 Å². The Labute approximate surface area is 121 Å². The molecule has 0 aromatic carbocycles. The molecule has 1 fully saturated rings. The van der Waals surface area contributed by atoms with Crippen molar-refractivity contribution in [3.8, 4) is 0 Å². The largest absolute Gasteiger partial charge is 0.310 e. The van der Waals surface area contributed by atoms with Gasteiger partial charge >= 0.3 is 0 Å². The van der Waals surface area contributed by atoms with E-state index in [-0.39, 0.29) is 0 Å². The van der Waals surface area contributed by atoms with E-state index in [0.29, 0.717) is 12.1 Å². The summed E-state index contributed by atoms with van der Waals surface area (Å²) in [5, 5.41) is 3.48. The summed E-state index contributed by atoms with van der Waals surface area (Å²) < 4.78 is 0. The van der Waals surface area contributed by atoms with Crippen LogP contribution in [0.25, 0.3) is 0 Å². The second-order valence-corrected chi connectivity index (χ2v) is 7.24. The predicted molar refractivity (Wildman–Crippen MR) is 83.7 cm³/mol. The van der Waals surface area contributed by atoms with Crippen molar-refractivity contribution in [2.45, 2.75) is 45.9 Å². The molecule has 1 aromatic heterocycles. The molecule has 1 unspecified atom stereocenters. The van der Waals surface area contributed by atoms with Crippen LogP contribution in [0.1, 0.15) is 30.5 Å². The molecule has 1 atom stereocenters. The second kappa shape index (κ2) is 6.84. The molecular formula is C15H27N3S. The maximum atomic E-state index is 3.48. The molecule has 0 saturated carbocycles. The van der Waals surface area contributed by atoms with Crippen molar-refractivity contribution in [3.05, 3.63) is 21.9 Å². The monoisotopic (exact) mass is 281 g/mol. The quantitative estimate of drug-likeness (QED) is 0.894. The third kappa shape index (κ3) is 4.56. The minimum absolute atomic E-state index is 0.559. The van der Waals surface area contributed by atoms with Crippen LogP contribution >= 0.6 is 11.3 Å². The molecule has 0 amide bonds. The van der Waals surface area contributed by atoms with Gasteiger partial charge in [-0.1, -0.05) is 13.8 Å². The Morgan fingerprint density at radius 2 is 2.05 bits per heavy atom. The standard InChI is InChI=1S/C15H27N3S/c1-12(2)16-9-14-5-6-15(19-14)11-18-8-7-17(4)10-13(18)3/h5-6,12-13,16H,7-11H2,1-4H3. The second-order valence-electron chi connectivity index (χ2n) is 5.99. The molecule has 4 heteroatoms. The highest BCUT2D eigenvalue weighted by atomic mass is 32.1. The first kappa shape index (κ1) is 15.0. The van der Waals surface area contributed by atoms with E-state index in [1.54, 1.807) is 0 Å². The lowest BCUT2D eigenvalue weighted by Crippen LogP contribution is -2.49. The van der Waals surface area contributed by atoms with Gasteiger partial charge in [-0.15, -0.1) is 11.3 Å². The van der Waals surface area contributed by atoms with Crippen molar-refractivity contribution >= 4 is 11.3 Å². The number of rotatable bonds is 5. The maximum Gasteiger partial charge on any atom is 0.0331 e. The molecular weight excluding hydrogens is 254 g/mol. The minimum Gasteiger partial charge on any atom is -0.310 e. The first-order valence-electron chi connectivity index (χ1n) is 7.28. The molecule has 1 saturated heterocycles. The van der Waals surface area contributed by atoms with Crippen LogP contribution in [0.5, 0.6) is 0 Å². The van der Waals surface area contributed by atoms with Gasteiger partial charge in [-0.2, -0.15) is 0 Å². The molecule has 1 aliphatic heterocycles. The lowest BCUT2D eigenvalue weighted by molar-refractivity contribution is 0.0947. The molecule has 3 nitrogen and oxygen atoms in total. The number of nitrogens with zero attached hydrogens (tertiary/aromatic N) is 2. The Balaban J connectivity index is 1.85. The SMILES string of the molecule is CC(C)NCc1ccc(CN2CCN(C)CC2C)s1. The zero-order valence-electron chi connectivity index (χ0n) is 12.6. The van der Waals surface area contributed by atoms with E-state index in [9.17, 15) is 0 Å². The smallest absolute Gasteiger partial charge is 0.0331 e. The van der Waals surface area contributed by atoms with Gasteiger partial charge in [0.15, 0.2) is 0 Å². The summed E-state index contributed by atoms with van der Waals surface area (Å²) >= 11 is 1.95. The van der Waals surface area contributed by atoms with E-state index in [2.05, 4.69) is 55.1 Å². The first-order chi connectivity index (χ1) is 9.04. The Bertz CT molecular complexity index is 388. The summed E-state index contributed by atoms with van der Waals surface area (Å²) in [5.74, 6) is 0. The van der Waals surface area contributed by atoms with Gasteiger partial charge in [-0.3, -0.25) is 4.90 Å². The van der Waals surface area contributed by atoms with E-state index in [1.165, 1.54) is 29.4 Å². The first-order valence-corrected chi connectivity index (χ1v) is 8.10. The molecule has 0 radical (unpaired) electrons. The molecule has 2 rings (SSSR count). The zero-order valence-corrected chi connectivity index (χ0v) is 13.5. The van der Waals surface area contributed by atoms with Crippen LogP contribution < -0.4 is 5.32 Å². The van der Waals surface area contributed by atoms with E-state index in [4.69, 9.17) is 0 Å². The summed E-state index contributed by atoms with van der Waals surface area (Å²) in [4.78, 5) is 7.97. The van der Waals surface area contributed by atoms with Crippen LogP contribution in [0, 0.1) is 0 Å². The van der Waals surface area contributed by atoms with Gasteiger partial charge in [-0.25, -0.2) is 0 Å². The van der Waals surface area contributed by atoms with Gasteiger partial charge in [0.25, 0.3) is 0 Å².